The van der Waals surface area contributed by atoms with Crippen molar-refractivity contribution in [1.29, 1.82) is 0 Å². The molecule has 0 aliphatic carbocycles. The Balaban J connectivity index is 6.10. The number of carbonyl (C=O) groups excluding carboxylic acids is 2. The molecule has 0 aromatic heterocycles. The maximum Gasteiger partial charge on any atom is 0.251 e. The van der Waals surface area contributed by atoms with Gasteiger partial charge in [0, 0.05) is 28.4 Å². The van der Waals surface area contributed by atoms with Gasteiger partial charge in [0.2, 0.25) is 5.91 Å². The van der Waals surface area contributed by atoms with Gasteiger partial charge in [0.05, 0.1) is 0 Å². The largest absolute Gasteiger partial charge is 0.329 e. The molecule has 0 aliphatic rings. The first-order chi connectivity index (χ1) is 12.2. The van der Waals surface area contributed by atoms with Crippen LogP contribution in [0, 0.1) is 10.8 Å². The Kier molecular flexibility index (Phi) is 8.34. The maximum absolute atomic E-state index is 13.6. The fourth-order valence-corrected chi connectivity index (χ4v) is 4.66. The molecule has 0 saturated heterocycles. The van der Waals surface area contributed by atoms with Crippen LogP contribution in [-0.4, -0.2) is 27.8 Å². The summed E-state index contributed by atoms with van der Waals surface area (Å²) < 4.78 is 0. The van der Waals surface area contributed by atoms with Gasteiger partial charge < -0.3 is 10.2 Å². The van der Waals surface area contributed by atoms with Gasteiger partial charge >= 0.3 is 0 Å². The quantitative estimate of drug-likeness (QED) is 0.553. The van der Waals surface area contributed by atoms with Gasteiger partial charge in [-0.1, -0.05) is 48.1 Å². The lowest BCUT2D eigenvalue weighted by Gasteiger charge is -2.52. The lowest BCUT2D eigenvalue weighted by atomic mass is 9.75. The van der Waals surface area contributed by atoms with E-state index in [9.17, 15) is 9.59 Å². The zero-order valence-electron chi connectivity index (χ0n) is 20.5. The van der Waals surface area contributed by atoms with E-state index in [1.807, 2.05) is 4.90 Å². The van der Waals surface area contributed by atoms with Crippen molar-refractivity contribution in [2.45, 2.75) is 107 Å². The van der Waals surface area contributed by atoms with E-state index >= 15 is 0 Å². The third-order valence-electron chi connectivity index (χ3n) is 4.48. The Labute approximate surface area is 173 Å². The molecule has 0 heterocycles. The topological polar surface area (TPSA) is 49.4 Å². The van der Waals surface area contributed by atoms with Crippen LogP contribution in [-0.2, 0) is 9.59 Å². The molecule has 28 heavy (non-hydrogen) atoms. The number of amides is 2. The molecule has 0 fully saturated rings. The number of hydrogen-bond acceptors (Lipinski definition) is 2. The van der Waals surface area contributed by atoms with Crippen molar-refractivity contribution in [1.82, 2.24) is 10.2 Å². The first kappa shape index (κ1) is 26.4. The Hall–Kier alpha value is -1.58. The Morgan fingerprint density at radius 1 is 0.821 bits per heavy atom. The summed E-state index contributed by atoms with van der Waals surface area (Å²) in [5, 5.41) is 2.67. The number of rotatable bonds is 7. The van der Waals surface area contributed by atoms with Crippen LogP contribution in [0.2, 0.25) is 0 Å². The Morgan fingerprint density at radius 3 is 1.46 bits per heavy atom. The molecule has 4 nitrogen and oxygen atoms in total. The molecule has 4 heteroatoms. The molecule has 0 spiro atoms. The van der Waals surface area contributed by atoms with Crippen LogP contribution in [0.25, 0.3) is 0 Å². The molecule has 0 aliphatic heterocycles. The second-order valence-electron chi connectivity index (χ2n) is 11.8. The van der Waals surface area contributed by atoms with Crippen molar-refractivity contribution in [3.05, 3.63) is 23.9 Å². The minimum absolute atomic E-state index is 0.0504. The lowest BCUT2D eigenvalue weighted by molar-refractivity contribution is -0.143. The van der Waals surface area contributed by atoms with E-state index in [4.69, 9.17) is 0 Å². The van der Waals surface area contributed by atoms with Crippen molar-refractivity contribution in [2.24, 2.45) is 10.8 Å². The predicted octanol–water partition coefficient (Wildman–Crippen LogP) is 5.84. The van der Waals surface area contributed by atoms with Gasteiger partial charge in [0.1, 0.15) is 0 Å². The van der Waals surface area contributed by atoms with Crippen LogP contribution >= 0.6 is 0 Å². The van der Waals surface area contributed by atoms with Crippen LogP contribution in [0.1, 0.15) is 95.9 Å². The molecular weight excluding hydrogens is 348 g/mol. The summed E-state index contributed by atoms with van der Waals surface area (Å²) in [4.78, 5) is 27.4. The summed E-state index contributed by atoms with van der Waals surface area (Å²) in [5.74, 6) is -0.327. The zero-order chi connectivity index (χ0) is 22.7. The van der Waals surface area contributed by atoms with Gasteiger partial charge in [-0.3, -0.25) is 9.59 Å². The molecule has 0 atom stereocenters. The second kappa shape index (κ2) is 8.84. The molecule has 0 radical (unpaired) electrons. The van der Waals surface area contributed by atoms with E-state index in [0.717, 1.165) is 12.8 Å². The minimum Gasteiger partial charge on any atom is -0.329 e. The minimum atomic E-state index is -0.350. The van der Waals surface area contributed by atoms with Gasteiger partial charge in [-0.15, -0.1) is 0 Å². The molecule has 162 valence electrons. The van der Waals surface area contributed by atoms with Crippen LogP contribution in [0.15, 0.2) is 23.9 Å². The standard InChI is InChI=1S/C24H44N2O2/c1-17(2)19(27)25-14-18(3)20(28)26(23(10,11)15-21(4,5)6)24(12,13)16-22(7,8)9/h14H,1,15-16H2,2-13H3,(H,25,27). The van der Waals surface area contributed by atoms with Crippen LogP contribution in [0.3, 0.4) is 0 Å². The summed E-state index contributed by atoms with van der Waals surface area (Å²) in [7, 11) is 0. The van der Waals surface area contributed by atoms with Crippen molar-refractivity contribution < 1.29 is 9.59 Å². The van der Waals surface area contributed by atoms with Crippen LogP contribution in [0.4, 0.5) is 0 Å². The smallest absolute Gasteiger partial charge is 0.251 e. The molecule has 0 aromatic carbocycles. The second-order valence-corrected chi connectivity index (χ2v) is 11.8. The summed E-state index contributed by atoms with van der Waals surface area (Å²) >= 11 is 0. The number of carbonyl (C=O) groups is 2. The molecule has 0 aromatic rings. The monoisotopic (exact) mass is 392 g/mol. The maximum atomic E-state index is 13.6. The number of nitrogens with one attached hydrogen (secondary N) is 1. The fourth-order valence-electron chi connectivity index (χ4n) is 4.66. The van der Waals surface area contributed by atoms with Crippen molar-refractivity contribution in [3.63, 3.8) is 0 Å². The Morgan fingerprint density at radius 2 is 1.18 bits per heavy atom. The van der Waals surface area contributed by atoms with Gasteiger partial charge in [-0.2, -0.15) is 0 Å². The summed E-state index contributed by atoms with van der Waals surface area (Å²) in [6.45, 7) is 28.8. The Bertz CT molecular complexity index is 598. The average Bonchev–Trinajstić information content (AvgIpc) is 2.37. The van der Waals surface area contributed by atoms with E-state index in [0.29, 0.717) is 11.1 Å². The molecule has 0 saturated carbocycles. The fraction of sp³-hybridized carbons (Fsp3) is 0.750. The summed E-state index contributed by atoms with van der Waals surface area (Å²) in [6, 6.07) is 0. The number of nitrogens with zero attached hydrogens (tertiary/aromatic N) is 1. The van der Waals surface area contributed by atoms with Gasteiger partial charge in [-0.05, 0) is 65.2 Å². The van der Waals surface area contributed by atoms with Gasteiger partial charge in [0.15, 0.2) is 0 Å². The van der Waals surface area contributed by atoms with Crippen molar-refractivity contribution in [3.8, 4) is 0 Å². The third-order valence-corrected chi connectivity index (χ3v) is 4.48. The first-order valence-corrected chi connectivity index (χ1v) is 10.2. The predicted molar refractivity (Wildman–Crippen MR) is 120 cm³/mol. The molecular formula is C24H44N2O2. The first-order valence-electron chi connectivity index (χ1n) is 10.2. The normalized spacial score (nSPS) is 13.9. The van der Waals surface area contributed by atoms with E-state index in [-0.39, 0.29) is 33.7 Å². The lowest BCUT2D eigenvalue weighted by Crippen LogP contribution is -2.60. The SMILES string of the molecule is C=C(C)C(=O)NC=C(C)C(=O)N(C(C)(C)CC(C)(C)C)C(C)(C)CC(C)(C)C. The molecule has 0 unspecified atom stereocenters. The van der Waals surface area contributed by atoms with Crippen LogP contribution < -0.4 is 5.32 Å². The number of hydrogen-bond donors (Lipinski definition) is 1. The highest BCUT2D eigenvalue weighted by Gasteiger charge is 2.44. The van der Waals surface area contributed by atoms with Crippen molar-refractivity contribution in [2.75, 3.05) is 0 Å². The highest BCUT2D eigenvalue weighted by Crippen LogP contribution is 2.40. The van der Waals surface area contributed by atoms with Crippen LogP contribution in [0.5, 0.6) is 0 Å². The highest BCUT2D eigenvalue weighted by molar-refractivity contribution is 5.96. The van der Waals surface area contributed by atoms with E-state index < -0.39 is 0 Å². The average molecular weight is 393 g/mol. The highest BCUT2D eigenvalue weighted by atomic mass is 16.2. The third kappa shape index (κ3) is 8.62. The molecule has 0 bridgehead atoms. The van der Waals surface area contributed by atoms with Crippen molar-refractivity contribution >= 4 is 11.8 Å². The summed E-state index contributed by atoms with van der Waals surface area (Å²) in [6.07, 6.45) is 3.24. The van der Waals surface area contributed by atoms with Gasteiger partial charge in [-0.25, -0.2) is 0 Å². The molecule has 1 N–H and O–H groups in total. The molecule has 0 rings (SSSR count). The van der Waals surface area contributed by atoms with E-state index in [1.165, 1.54) is 6.20 Å². The summed E-state index contributed by atoms with van der Waals surface area (Å²) in [5.41, 5.74) is 0.375. The van der Waals surface area contributed by atoms with Gasteiger partial charge in [0.25, 0.3) is 5.91 Å². The van der Waals surface area contributed by atoms with E-state index in [2.05, 4.69) is 81.1 Å². The zero-order valence-corrected chi connectivity index (χ0v) is 20.5. The molecule has 2 amide bonds. The van der Waals surface area contributed by atoms with E-state index in [1.54, 1.807) is 13.8 Å².